The first-order valence-electron chi connectivity index (χ1n) is 7.26. The van der Waals surface area contributed by atoms with Crippen LogP contribution in [0.3, 0.4) is 0 Å². The van der Waals surface area contributed by atoms with E-state index in [1.165, 1.54) is 25.7 Å². The van der Waals surface area contributed by atoms with Crippen molar-refractivity contribution >= 4 is 15.9 Å². The molecule has 2 N–H and O–H groups in total. The Labute approximate surface area is 125 Å². The Morgan fingerprint density at radius 1 is 1.21 bits per heavy atom. The Hall–Kier alpha value is -0.540. The third kappa shape index (κ3) is 5.96. The maximum atomic E-state index is 5.97. The molecule has 0 saturated heterocycles. The van der Waals surface area contributed by atoms with Gasteiger partial charge in [0.15, 0.2) is 0 Å². The molecule has 1 unspecified atom stereocenters. The molecule has 2 atom stereocenters. The third-order valence-corrected chi connectivity index (χ3v) is 3.89. The fraction of sp³-hybridized carbons (Fsp3) is 0.625. The molecule has 0 aromatic heterocycles. The van der Waals surface area contributed by atoms with Gasteiger partial charge in [0.05, 0.1) is 10.6 Å². The molecule has 0 saturated carbocycles. The third-order valence-electron chi connectivity index (χ3n) is 3.27. The lowest BCUT2D eigenvalue weighted by Gasteiger charge is -2.17. The van der Waals surface area contributed by atoms with Gasteiger partial charge in [-0.3, -0.25) is 0 Å². The van der Waals surface area contributed by atoms with Gasteiger partial charge in [0, 0.05) is 6.04 Å². The van der Waals surface area contributed by atoms with Gasteiger partial charge in [0.25, 0.3) is 0 Å². The molecule has 0 bridgehead atoms. The van der Waals surface area contributed by atoms with Crippen LogP contribution in [0.15, 0.2) is 22.7 Å². The summed E-state index contributed by atoms with van der Waals surface area (Å²) in [4.78, 5) is 0. The average molecular weight is 328 g/mol. The van der Waals surface area contributed by atoms with Gasteiger partial charge in [0.1, 0.15) is 5.75 Å². The van der Waals surface area contributed by atoms with Crippen LogP contribution in [0.25, 0.3) is 0 Å². The van der Waals surface area contributed by atoms with Crippen molar-refractivity contribution in [1.82, 2.24) is 0 Å². The summed E-state index contributed by atoms with van der Waals surface area (Å²) in [6.07, 6.45) is 6.51. The lowest BCUT2D eigenvalue weighted by atomic mass is 10.1. The quantitative estimate of drug-likeness (QED) is 0.665. The van der Waals surface area contributed by atoms with Gasteiger partial charge in [-0.05, 0) is 60.3 Å². The molecule has 0 heterocycles. The first-order chi connectivity index (χ1) is 9.04. The highest BCUT2D eigenvalue weighted by Crippen LogP contribution is 2.29. The lowest BCUT2D eigenvalue weighted by molar-refractivity contribution is 0.205. The SMILES string of the molecule is CCCCCCC(C)Oc1ccc([C@H](C)N)cc1Br. The smallest absolute Gasteiger partial charge is 0.133 e. The molecule has 1 aromatic carbocycles. The van der Waals surface area contributed by atoms with Crippen LogP contribution in [-0.4, -0.2) is 6.10 Å². The zero-order chi connectivity index (χ0) is 14.3. The van der Waals surface area contributed by atoms with Gasteiger partial charge in [-0.25, -0.2) is 0 Å². The van der Waals surface area contributed by atoms with E-state index in [1.54, 1.807) is 0 Å². The Balaban J connectivity index is 2.48. The number of benzene rings is 1. The fourth-order valence-electron chi connectivity index (χ4n) is 2.03. The number of hydrogen-bond acceptors (Lipinski definition) is 2. The van der Waals surface area contributed by atoms with Crippen LogP contribution in [0, 0.1) is 0 Å². The zero-order valence-corrected chi connectivity index (χ0v) is 13.9. The van der Waals surface area contributed by atoms with E-state index >= 15 is 0 Å². The van der Waals surface area contributed by atoms with E-state index < -0.39 is 0 Å². The Morgan fingerprint density at radius 2 is 1.95 bits per heavy atom. The van der Waals surface area contributed by atoms with Crippen molar-refractivity contribution in [2.24, 2.45) is 5.73 Å². The number of halogens is 1. The Bertz CT molecular complexity index is 379. The molecule has 0 fully saturated rings. The molecule has 3 heteroatoms. The van der Waals surface area contributed by atoms with Gasteiger partial charge in [0.2, 0.25) is 0 Å². The van der Waals surface area contributed by atoms with Crippen molar-refractivity contribution in [3.05, 3.63) is 28.2 Å². The van der Waals surface area contributed by atoms with E-state index in [0.29, 0.717) is 0 Å². The minimum absolute atomic E-state index is 0.0526. The molecule has 108 valence electrons. The summed E-state index contributed by atoms with van der Waals surface area (Å²) in [5.41, 5.74) is 6.99. The van der Waals surface area contributed by atoms with Crippen LogP contribution in [0.2, 0.25) is 0 Å². The van der Waals surface area contributed by atoms with Crippen molar-refractivity contribution in [1.29, 1.82) is 0 Å². The number of nitrogens with two attached hydrogens (primary N) is 1. The monoisotopic (exact) mass is 327 g/mol. The van der Waals surface area contributed by atoms with E-state index in [1.807, 2.05) is 25.1 Å². The van der Waals surface area contributed by atoms with Crippen molar-refractivity contribution in [2.75, 3.05) is 0 Å². The molecule has 2 nitrogen and oxygen atoms in total. The standard InChI is InChI=1S/C16H26BrNO/c1-4-5-6-7-8-12(2)19-16-10-9-14(13(3)18)11-15(16)17/h9-13H,4-8,18H2,1-3H3/t12?,13-/m0/s1. The van der Waals surface area contributed by atoms with E-state index in [9.17, 15) is 0 Å². The van der Waals surface area contributed by atoms with Crippen LogP contribution >= 0.6 is 15.9 Å². The summed E-state index contributed by atoms with van der Waals surface area (Å²) in [7, 11) is 0. The van der Waals surface area contributed by atoms with E-state index in [0.717, 1.165) is 22.2 Å². The summed E-state index contributed by atoms with van der Waals surface area (Å²) >= 11 is 3.56. The topological polar surface area (TPSA) is 35.2 Å². The van der Waals surface area contributed by atoms with Gasteiger partial charge in [-0.2, -0.15) is 0 Å². The second kappa shape index (κ2) is 8.60. The summed E-state index contributed by atoms with van der Waals surface area (Å²) in [6, 6.07) is 6.14. The van der Waals surface area contributed by atoms with Crippen molar-refractivity contribution < 1.29 is 4.74 Å². The number of rotatable bonds is 8. The first-order valence-corrected chi connectivity index (χ1v) is 8.05. The van der Waals surface area contributed by atoms with Crippen molar-refractivity contribution in [3.63, 3.8) is 0 Å². The maximum absolute atomic E-state index is 5.97. The maximum Gasteiger partial charge on any atom is 0.133 e. The summed E-state index contributed by atoms with van der Waals surface area (Å²) in [5.74, 6) is 0.910. The second-order valence-electron chi connectivity index (χ2n) is 5.26. The number of unbranched alkanes of at least 4 members (excludes halogenated alkanes) is 3. The normalized spacial score (nSPS) is 14.2. The molecule has 0 aliphatic carbocycles. The molecule has 0 spiro atoms. The average Bonchev–Trinajstić information content (AvgIpc) is 2.37. The van der Waals surface area contributed by atoms with E-state index in [-0.39, 0.29) is 12.1 Å². The van der Waals surface area contributed by atoms with Crippen LogP contribution in [-0.2, 0) is 0 Å². The van der Waals surface area contributed by atoms with Crippen LogP contribution in [0.4, 0.5) is 0 Å². The van der Waals surface area contributed by atoms with E-state index in [2.05, 4.69) is 29.8 Å². The molecular formula is C16H26BrNO. The van der Waals surface area contributed by atoms with Crippen molar-refractivity contribution in [2.45, 2.75) is 65.0 Å². The predicted octanol–water partition coefficient (Wildman–Crippen LogP) is 5.21. The summed E-state index contributed by atoms with van der Waals surface area (Å²) in [6.45, 7) is 6.35. The fourth-order valence-corrected chi connectivity index (χ4v) is 2.52. The summed E-state index contributed by atoms with van der Waals surface area (Å²) in [5, 5.41) is 0. The molecule has 1 rings (SSSR count). The zero-order valence-electron chi connectivity index (χ0n) is 12.3. The van der Waals surface area contributed by atoms with Gasteiger partial charge >= 0.3 is 0 Å². The molecule has 0 aliphatic rings. The molecule has 1 aromatic rings. The Morgan fingerprint density at radius 3 is 2.53 bits per heavy atom. The van der Waals surface area contributed by atoms with Gasteiger partial charge in [-0.1, -0.05) is 32.3 Å². The molecule has 0 amide bonds. The highest BCUT2D eigenvalue weighted by atomic mass is 79.9. The van der Waals surface area contributed by atoms with Crippen LogP contribution in [0.5, 0.6) is 5.75 Å². The van der Waals surface area contributed by atoms with Crippen LogP contribution < -0.4 is 10.5 Å². The first kappa shape index (κ1) is 16.5. The highest BCUT2D eigenvalue weighted by Gasteiger charge is 2.09. The molecule has 19 heavy (non-hydrogen) atoms. The largest absolute Gasteiger partial charge is 0.490 e. The predicted molar refractivity (Wildman–Crippen MR) is 85.6 cm³/mol. The second-order valence-corrected chi connectivity index (χ2v) is 6.11. The minimum Gasteiger partial charge on any atom is -0.490 e. The van der Waals surface area contributed by atoms with Gasteiger partial charge < -0.3 is 10.5 Å². The lowest BCUT2D eigenvalue weighted by Crippen LogP contribution is -2.12. The number of hydrogen-bond donors (Lipinski definition) is 1. The minimum atomic E-state index is 0.0526. The van der Waals surface area contributed by atoms with Gasteiger partial charge in [-0.15, -0.1) is 0 Å². The van der Waals surface area contributed by atoms with Crippen LogP contribution in [0.1, 0.15) is 64.5 Å². The summed E-state index contributed by atoms with van der Waals surface area (Å²) < 4.78 is 6.96. The molecular weight excluding hydrogens is 302 g/mol. The highest BCUT2D eigenvalue weighted by molar-refractivity contribution is 9.10. The van der Waals surface area contributed by atoms with Crippen molar-refractivity contribution in [3.8, 4) is 5.75 Å². The Kier molecular flexibility index (Phi) is 7.47. The molecule has 0 radical (unpaired) electrons. The van der Waals surface area contributed by atoms with E-state index in [4.69, 9.17) is 10.5 Å². The molecule has 0 aliphatic heterocycles. The number of ether oxygens (including phenoxy) is 1.